The van der Waals surface area contributed by atoms with E-state index in [1.165, 1.54) is 11.1 Å². The molecule has 0 aromatic heterocycles. The van der Waals surface area contributed by atoms with Crippen LogP contribution in [-0.2, 0) is 4.74 Å². The minimum atomic E-state index is 0.397. The molecule has 3 heteroatoms. The van der Waals surface area contributed by atoms with Gasteiger partial charge in [-0.3, -0.25) is 0 Å². The van der Waals surface area contributed by atoms with Gasteiger partial charge in [-0.2, -0.15) is 0 Å². The maximum Gasteiger partial charge on any atom is 0.108 e. The van der Waals surface area contributed by atoms with Gasteiger partial charge in [0.2, 0.25) is 0 Å². The third-order valence-corrected chi connectivity index (χ3v) is 1.29. The Labute approximate surface area is 94.7 Å². The smallest absolute Gasteiger partial charge is 0.108 e. The SMILES string of the molecule is Cl/C=C\C#CCCOCC#C/C=C\Cl. The Kier molecular flexibility index (Phi) is 11.4. The lowest BCUT2D eigenvalue weighted by atomic mass is 10.4. The van der Waals surface area contributed by atoms with Gasteiger partial charge in [-0.1, -0.05) is 46.9 Å². The fraction of sp³-hybridized carbons (Fsp3) is 0.273. The Hall–Kier alpha value is -0.860. The van der Waals surface area contributed by atoms with Crippen molar-refractivity contribution >= 4 is 23.2 Å². The van der Waals surface area contributed by atoms with E-state index in [1.54, 1.807) is 12.2 Å². The van der Waals surface area contributed by atoms with Gasteiger partial charge in [0.1, 0.15) is 6.61 Å². The molecule has 0 N–H and O–H groups in total. The molecule has 0 saturated heterocycles. The molecule has 0 aliphatic rings. The Bertz CT molecular complexity index is 265. The van der Waals surface area contributed by atoms with Crippen LogP contribution in [0.2, 0.25) is 0 Å². The Morgan fingerprint density at radius 3 is 2.29 bits per heavy atom. The van der Waals surface area contributed by atoms with E-state index < -0.39 is 0 Å². The van der Waals surface area contributed by atoms with E-state index in [0.717, 1.165) is 0 Å². The van der Waals surface area contributed by atoms with Crippen LogP contribution in [0, 0.1) is 23.7 Å². The predicted molar refractivity (Wildman–Crippen MR) is 61.0 cm³/mol. The van der Waals surface area contributed by atoms with Gasteiger partial charge in [0.05, 0.1) is 6.61 Å². The van der Waals surface area contributed by atoms with Crippen molar-refractivity contribution in [3.05, 3.63) is 23.2 Å². The van der Waals surface area contributed by atoms with Gasteiger partial charge in [0, 0.05) is 17.5 Å². The lowest BCUT2D eigenvalue weighted by Crippen LogP contribution is -1.92. The molecule has 0 spiro atoms. The minimum Gasteiger partial charge on any atom is -0.368 e. The van der Waals surface area contributed by atoms with Crippen molar-refractivity contribution in [1.29, 1.82) is 0 Å². The molecule has 0 amide bonds. The second-order valence-electron chi connectivity index (χ2n) is 2.03. The van der Waals surface area contributed by atoms with Gasteiger partial charge in [0.25, 0.3) is 0 Å². The fourth-order valence-electron chi connectivity index (χ4n) is 0.541. The van der Waals surface area contributed by atoms with Crippen molar-refractivity contribution in [2.75, 3.05) is 13.2 Å². The third-order valence-electron chi connectivity index (χ3n) is 1.04. The molecule has 1 nitrogen and oxygen atoms in total. The van der Waals surface area contributed by atoms with E-state index >= 15 is 0 Å². The molecule has 0 unspecified atom stereocenters. The summed E-state index contributed by atoms with van der Waals surface area (Å²) in [7, 11) is 0. The summed E-state index contributed by atoms with van der Waals surface area (Å²) in [6.45, 7) is 0.969. The second kappa shape index (κ2) is 12.1. The zero-order valence-corrected chi connectivity index (χ0v) is 9.11. The van der Waals surface area contributed by atoms with Crippen LogP contribution in [0.25, 0.3) is 0 Å². The molecule has 0 fully saturated rings. The molecule has 0 atom stereocenters. The number of hydrogen-bond donors (Lipinski definition) is 0. The third kappa shape index (κ3) is 11.1. The molecule has 0 aromatic rings. The van der Waals surface area contributed by atoms with E-state index in [4.69, 9.17) is 27.9 Å². The summed E-state index contributed by atoms with van der Waals surface area (Å²) >= 11 is 10.5. The van der Waals surface area contributed by atoms with Gasteiger partial charge in [-0.25, -0.2) is 0 Å². The molecule has 0 aliphatic carbocycles. The Morgan fingerprint density at radius 2 is 1.64 bits per heavy atom. The molecule has 0 bridgehead atoms. The molecule has 0 heterocycles. The van der Waals surface area contributed by atoms with Gasteiger partial charge >= 0.3 is 0 Å². The van der Waals surface area contributed by atoms with Crippen LogP contribution in [0.1, 0.15) is 6.42 Å². The summed E-state index contributed by atoms with van der Waals surface area (Å²) in [5.74, 6) is 11.1. The number of ether oxygens (including phenoxy) is 1. The topological polar surface area (TPSA) is 9.23 Å². The Balaban J connectivity index is 3.32. The van der Waals surface area contributed by atoms with Gasteiger partial charge in [-0.05, 0) is 12.2 Å². The van der Waals surface area contributed by atoms with E-state index in [-0.39, 0.29) is 0 Å². The average molecular weight is 229 g/mol. The van der Waals surface area contributed by atoms with Gasteiger partial charge in [-0.15, -0.1) is 0 Å². The lowest BCUT2D eigenvalue weighted by molar-refractivity contribution is 0.174. The lowest BCUT2D eigenvalue weighted by Gasteiger charge is -1.92. The van der Waals surface area contributed by atoms with Crippen molar-refractivity contribution < 1.29 is 4.74 Å². The number of rotatable bonds is 3. The maximum absolute atomic E-state index is 5.26. The molecule has 0 rings (SSSR count). The van der Waals surface area contributed by atoms with Crippen LogP contribution in [-0.4, -0.2) is 13.2 Å². The van der Waals surface area contributed by atoms with Crippen molar-refractivity contribution in [2.24, 2.45) is 0 Å². The molecule has 74 valence electrons. The highest BCUT2D eigenvalue weighted by Crippen LogP contribution is 1.81. The Morgan fingerprint density at radius 1 is 1.00 bits per heavy atom. The van der Waals surface area contributed by atoms with Gasteiger partial charge in [0.15, 0.2) is 0 Å². The maximum atomic E-state index is 5.26. The van der Waals surface area contributed by atoms with E-state index in [1.807, 2.05) is 0 Å². The standard InChI is InChI=1S/C11H10Cl2O/c12-8-4-1-2-6-10-14-11-7-3-5-9-13/h4-5,8-9H,6,10-11H2/b8-4-,9-5-. The van der Waals surface area contributed by atoms with Crippen LogP contribution in [0.5, 0.6) is 0 Å². The highest BCUT2D eigenvalue weighted by molar-refractivity contribution is 6.25. The quantitative estimate of drug-likeness (QED) is 0.534. The summed E-state index contributed by atoms with van der Waals surface area (Å²) < 4.78 is 5.15. The fourth-order valence-corrected chi connectivity index (χ4v) is 0.667. The number of halogens is 2. The number of hydrogen-bond acceptors (Lipinski definition) is 1. The first-order valence-electron chi connectivity index (χ1n) is 3.96. The molecule has 0 aliphatic heterocycles. The van der Waals surface area contributed by atoms with E-state index in [2.05, 4.69) is 23.7 Å². The van der Waals surface area contributed by atoms with Crippen LogP contribution in [0.15, 0.2) is 23.2 Å². The van der Waals surface area contributed by atoms with Crippen LogP contribution >= 0.6 is 23.2 Å². The summed E-state index contributed by atoms with van der Waals surface area (Å²) in [5.41, 5.74) is 2.73. The monoisotopic (exact) mass is 228 g/mol. The molecular weight excluding hydrogens is 219 g/mol. The van der Waals surface area contributed by atoms with E-state index in [9.17, 15) is 0 Å². The average Bonchev–Trinajstić information content (AvgIpc) is 2.21. The van der Waals surface area contributed by atoms with Crippen molar-refractivity contribution in [2.45, 2.75) is 6.42 Å². The summed E-state index contributed by atoms with van der Waals surface area (Å²) in [6, 6.07) is 0. The van der Waals surface area contributed by atoms with Crippen molar-refractivity contribution in [3.63, 3.8) is 0 Å². The zero-order chi connectivity index (χ0) is 10.5. The molecular formula is C11H10Cl2O. The molecule has 0 radical (unpaired) electrons. The first-order chi connectivity index (χ1) is 6.91. The highest BCUT2D eigenvalue weighted by Gasteiger charge is 1.79. The van der Waals surface area contributed by atoms with Crippen LogP contribution < -0.4 is 0 Å². The molecule has 0 saturated carbocycles. The van der Waals surface area contributed by atoms with Gasteiger partial charge < -0.3 is 4.74 Å². The first kappa shape index (κ1) is 13.1. The molecule has 0 aromatic carbocycles. The second-order valence-corrected chi connectivity index (χ2v) is 2.53. The zero-order valence-electron chi connectivity index (χ0n) is 7.59. The van der Waals surface area contributed by atoms with Crippen LogP contribution in [0.4, 0.5) is 0 Å². The van der Waals surface area contributed by atoms with Crippen LogP contribution in [0.3, 0.4) is 0 Å². The van der Waals surface area contributed by atoms with E-state index in [0.29, 0.717) is 19.6 Å². The minimum absolute atomic E-state index is 0.397. The highest BCUT2D eigenvalue weighted by atomic mass is 35.5. The first-order valence-corrected chi connectivity index (χ1v) is 4.84. The number of allylic oxidation sites excluding steroid dienone is 2. The summed E-state index contributed by atoms with van der Waals surface area (Å²) in [6.07, 6.45) is 3.80. The largest absolute Gasteiger partial charge is 0.368 e. The summed E-state index contributed by atoms with van der Waals surface area (Å²) in [4.78, 5) is 0. The molecule has 14 heavy (non-hydrogen) atoms. The predicted octanol–water partition coefficient (Wildman–Crippen LogP) is 2.90. The summed E-state index contributed by atoms with van der Waals surface area (Å²) in [5, 5.41) is 0. The van der Waals surface area contributed by atoms with Crippen molar-refractivity contribution in [3.8, 4) is 23.7 Å². The normalized spacial score (nSPS) is 9.57. The van der Waals surface area contributed by atoms with Crippen molar-refractivity contribution in [1.82, 2.24) is 0 Å².